The second-order valence-corrected chi connectivity index (χ2v) is 7.61. The Balaban J connectivity index is 1.67. The Labute approximate surface area is 173 Å². The lowest BCUT2D eigenvalue weighted by Gasteiger charge is -2.29. The highest BCUT2D eigenvalue weighted by atomic mass is 16.3. The molecule has 3 aromatic heterocycles. The highest BCUT2D eigenvalue weighted by Gasteiger charge is 2.18. The number of rotatable bonds is 2. The van der Waals surface area contributed by atoms with Crippen LogP contribution in [0.3, 0.4) is 0 Å². The summed E-state index contributed by atoms with van der Waals surface area (Å²) in [5.74, 6) is 0.120. The van der Waals surface area contributed by atoms with E-state index >= 15 is 0 Å². The lowest BCUT2D eigenvalue weighted by atomic mass is 10.0. The van der Waals surface area contributed by atoms with Crippen LogP contribution in [0.1, 0.15) is 11.1 Å². The van der Waals surface area contributed by atoms with Crippen molar-refractivity contribution in [2.45, 2.75) is 6.92 Å². The number of nitrogens with zero attached hydrogens (tertiary/aromatic N) is 6. The number of aromatic nitrogens is 4. The summed E-state index contributed by atoms with van der Waals surface area (Å²) >= 11 is 0. The van der Waals surface area contributed by atoms with Crippen molar-refractivity contribution in [3.05, 3.63) is 41.7 Å². The third kappa shape index (κ3) is 2.91. The lowest BCUT2D eigenvalue weighted by Crippen LogP contribution is -2.43. The first-order valence-corrected chi connectivity index (χ1v) is 9.88. The van der Waals surface area contributed by atoms with Crippen LogP contribution in [0.5, 0.6) is 5.75 Å². The molecule has 30 heavy (non-hydrogen) atoms. The minimum Gasteiger partial charge on any atom is -0.507 e. The molecule has 8 nitrogen and oxygen atoms in total. The van der Waals surface area contributed by atoms with Gasteiger partial charge in [0, 0.05) is 61.3 Å². The summed E-state index contributed by atoms with van der Waals surface area (Å²) in [6, 6.07) is 7.84. The minimum atomic E-state index is 0.120. The number of phenolic OH excluding ortho intramolecular Hbond substituents is 1. The molecule has 0 aliphatic carbocycles. The van der Waals surface area contributed by atoms with Crippen LogP contribution < -0.4 is 10.2 Å². The maximum absolute atomic E-state index is 10.8. The van der Waals surface area contributed by atoms with Gasteiger partial charge in [-0.3, -0.25) is 4.68 Å². The van der Waals surface area contributed by atoms with Gasteiger partial charge in [0.25, 0.3) is 0 Å². The Kier molecular flexibility index (Phi) is 4.26. The molecular weight excluding hydrogens is 378 g/mol. The highest BCUT2D eigenvalue weighted by Crippen LogP contribution is 2.37. The van der Waals surface area contributed by atoms with Gasteiger partial charge in [0.2, 0.25) is 0 Å². The average Bonchev–Trinajstić information content (AvgIpc) is 3.16. The van der Waals surface area contributed by atoms with Gasteiger partial charge in [0.1, 0.15) is 5.75 Å². The molecule has 0 bridgehead atoms. The second kappa shape index (κ2) is 6.97. The summed E-state index contributed by atoms with van der Waals surface area (Å²) in [5.41, 5.74) is 4.50. The highest BCUT2D eigenvalue weighted by molar-refractivity contribution is 5.93. The molecule has 0 amide bonds. The molecule has 0 spiro atoms. The van der Waals surface area contributed by atoms with Crippen LogP contribution in [0, 0.1) is 18.3 Å². The van der Waals surface area contributed by atoms with Gasteiger partial charge in [0.05, 0.1) is 34.7 Å². The molecule has 5 rings (SSSR count). The monoisotopic (exact) mass is 399 g/mol. The van der Waals surface area contributed by atoms with Crippen molar-refractivity contribution < 1.29 is 5.11 Å². The molecule has 2 N–H and O–H groups in total. The molecule has 1 aliphatic rings. The maximum atomic E-state index is 10.8. The molecule has 4 heterocycles. The van der Waals surface area contributed by atoms with Crippen molar-refractivity contribution in [2.24, 2.45) is 7.05 Å². The smallest absolute Gasteiger partial charge is 0.161 e. The molecule has 0 unspecified atom stereocenters. The van der Waals surface area contributed by atoms with Crippen molar-refractivity contribution >= 4 is 27.6 Å². The summed E-state index contributed by atoms with van der Waals surface area (Å²) in [5, 5.41) is 30.0. The van der Waals surface area contributed by atoms with Gasteiger partial charge < -0.3 is 15.3 Å². The van der Waals surface area contributed by atoms with Crippen molar-refractivity contribution in [3.8, 4) is 23.1 Å². The number of anilines is 1. The number of aryl methyl sites for hydroxylation is 2. The van der Waals surface area contributed by atoms with E-state index in [9.17, 15) is 10.4 Å². The molecule has 4 aromatic rings. The predicted molar refractivity (Wildman–Crippen MR) is 115 cm³/mol. The van der Waals surface area contributed by atoms with E-state index in [1.54, 1.807) is 16.9 Å². The molecule has 1 aromatic carbocycles. The fourth-order valence-electron chi connectivity index (χ4n) is 4.06. The molecule has 0 saturated carbocycles. The largest absolute Gasteiger partial charge is 0.507 e. The van der Waals surface area contributed by atoms with Crippen molar-refractivity contribution in [3.63, 3.8) is 0 Å². The second-order valence-electron chi connectivity index (χ2n) is 7.61. The number of piperazine rings is 1. The average molecular weight is 399 g/mol. The van der Waals surface area contributed by atoms with E-state index in [0.717, 1.165) is 48.2 Å². The van der Waals surface area contributed by atoms with Crippen LogP contribution in [0.15, 0.2) is 30.6 Å². The zero-order valence-electron chi connectivity index (χ0n) is 16.8. The summed E-state index contributed by atoms with van der Waals surface area (Å²) < 4.78 is 1.72. The number of phenols is 1. The molecule has 1 aliphatic heterocycles. The Bertz CT molecular complexity index is 1330. The van der Waals surface area contributed by atoms with Gasteiger partial charge in [-0.05, 0) is 25.1 Å². The Hall–Kier alpha value is -3.70. The van der Waals surface area contributed by atoms with Crippen LogP contribution in [0.4, 0.5) is 5.69 Å². The van der Waals surface area contributed by atoms with Gasteiger partial charge in [0.15, 0.2) is 5.65 Å². The number of aromatic hydroxyl groups is 1. The van der Waals surface area contributed by atoms with Gasteiger partial charge in [-0.25, -0.2) is 9.97 Å². The van der Waals surface area contributed by atoms with E-state index in [0.29, 0.717) is 28.0 Å². The van der Waals surface area contributed by atoms with Crippen molar-refractivity contribution in [1.82, 2.24) is 25.1 Å². The van der Waals surface area contributed by atoms with Gasteiger partial charge in [-0.1, -0.05) is 0 Å². The quantitative estimate of drug-likeness (QED) is 0.534. The number of benzene rings is 1. The van der Waals surface area contributed by atoms with Crippen LogP contribution in [0.25, 0.3) is 33.2 Å². The summed E-state index contributed by atoms with van der Waals surface area (Å²) in [7, 11) is 1.85. The zero-order valence-corrected chi connectivity index (χ0v) is 16.8. The Morgan fingerprint density at radius 3 is 2.77 bits per heavy atom. The third-order valence-corrected chi connectivity index (χ3v) is 5.65. The van der Waals surface area contributed by atoms with E-state index in [4.69, 9.17) is 0 Å². The first kappa shape index (κ1) is 18.3. The number of fused-ring (bicyclic) bond motifs is 2. The summed E-state index contributed by atoms with van der Waals surface area (Å²) in [6.07, 6.45) is 3.70. The van der Waals surface area contributed by atoms with E-state index in [1.807, 2.05) is 32.3 Å². The number of hydrogen-bond acceptors (Lipinski definition) is 7. The predicted octanol–water partition coefficient (Wildman–Crippen LogP) is 2.48. The maximum Gasteiger partial charge on any atom is 0.161 e. The molecule has 1 fully saturated rings. The zero-order chi connectivity index (χ0) is 20.8. The van der Waals surface area contributed by atoms with Crippen molar-refractivity contribution in [2.75, 3.05) is 31.1 Å². The van der Waals surface area contributed by atoms with E-state index in [2.05, 4.69) is 31.4 Å². The molecule has 1 saturated heterocycles. The van der Waals surface area contributed by atoms with Crippen LogP contribution in [-0.4, -0.2) is 51.0 Å². The van der Waals surface area contributed by atoms with E-state index < -0.39 is 0 Å². The lowest BCUT2D eigenvalue weighted by molar-refractivity contribution is 0.474. The topological polar surface area (TPSA) is 103 Å². The fraction of sp³-hybridized carbons (Fsp3) is 0.273. The Morgan fingerprint density at radius 1 is 1.20 bits per heavy atom. The third-order valence-electron chi connectivity index (χ3n) is 5.65. The number of pyridine rings is 2. The SMILES string of the molecule is Cc1c(O)c(-c2cc(C#N)c3cc(N4CCNCC4)cnc3n2)cc2cn(C)nc12. The first-order valence-electron chi connectivity index (χ1n) is 9.88. The molecule has 150 valence electrons. The van der Waals surface area contributed by atoms with Crippen LogP contribution in [0.2, 0.25) is 0 Å². The van der Waals surface area contributed by atoms with E-state index in [1.165, 1.54) is 0 Å². The van der Waals surface area contributed by atoms with Gasteiger partial charge in [-0.15, -0.1) is 0 Å². The molecule has 0 atom stereocenters. The summed E-state index contributed by atoms with van der Waals surface area (Å²) in [4.78, 5) is 11.5. The number of nitrogens with one attached hydrogen (secondary N) is 1. The fourth-order valence-corrected chi connectivity index (χ4v) is 4.06. The summed E-state index contributed by atoms with van der Waals surface area (Å²) in [6.45, 7) is 5.49. The Morgan fingerprint density at radius 2 is 2.00 bits per heavy atom. The van der Waals surface area contributed by atoms with E-state index in [-0.39, 0.29) is 5.75 Å². The molecular formula is C22H21N7O. The van der Waals surface area contributed by atoms with Crippen LogP contribution >= 0.6 is 0 Å². The van der Waals surface area contributed by atoms with Gasteiger partial charge >= 0.3 is 0 Å². The minimum absolute atomic E-state index is 0.120. The number of hydrogen-bond donors (Lipinski definition) is 2. The molecule has 0 radical (unpaired) electrons. The normalized spacial score (nSPS) is 14.4. The van der Waals surface area contributed by atoms with Gasteiger partial charge in [-0.2, -0.15) is 10.4 Å². The molecule has 8 heteroatoms. The van der Waals surface area contributed by atoms with Crippen LogP contribution in [-0.2, 0) is 7.05 Å². The number of nitriles is 1. The standard InChI is InChI=1S/C22H21N7O/c1-13-20-15(12-28(2)27-20)7-18(21(13)30)19-8-14(10-23)17-9-16(11-25-22(17)26-19)29-5-3-24-4-6-29/h7-9,11-12,24,30H,3-6H2,1-2H3. The van der Waals surface area contributed by atoms with Crippen molar-refractivity contribution in [1.29, 1.82) is 5.26 Å². The first-order chi connectivity index (χ1) is 14.5.